The van der Waals surface area contributed by atoms with E-state index in [9.17, 15) is 0 Å². The number of fused-ring (bicyclic) bond motifs is 2. The Hall–Kier alpha value is -1.51. The molecule has 0 N–H and O–H groups in total. The SMILES string of the molecule is C[Si](C)(C)OCCC1=CC(C[SiH2]CC2C=C(CCO[Si](C)(C)C)c3ccccc32)c2ccccc21. The Balaban J connectivity index is 1.37. The van der Waals surface area contributed by atoms with Gasteiger partial charge < -0.3 is 8.85 Å². The largest absolute Gasteiger partial charge is 0.417 e. The van der Waals surface area contributed by atoms with Crippen LogP contribution in [-0.2, 0) is 8.85 Å². The van der Waals surface area contributed by atoms with Gasteiger partial charge >= 0.3 is 0 Å². The minimum Gasteiger partial charge on any atom is -0.417 e. The average Bonchev–Trinajstić information content (AvgIpc) is 3.31. The van der Waals surface area contributed by atoms with Crippen LogP contribution in [0.3, 0.4) is 0 Å². The molecule has 2 atom stereocenters. The molecule has 188 valence electrons. The third kappa shape index (κ3) is 7.26. The Morgan fingerprint density at radius 2 is 1.03 bits per heavy atom. The topological polar surface area (TPSA) is 18.5 Å². The van der Waals surface area contributed by atoms with Crippen LogP contribution in [0, 0.1) is 0 Å². The Labute approximate surface area is 217 Å². The monoisotopic (exact) mass is 520 g/mol. The zero-order chi connectivity index (χ0) is 25.1. The van der Waals surface area contributed by atoms with Gasteiger partial charge in [0.15, 0.2) is 16.6 Å². The minimum atomic E-state index is -1.46. The predicted octanol–water partition coefficient (Wildman–Crippen LogP) is 7.84. The second-order valence-electron chi connectivity index (χ2n) is 12.1. The van der Waals surface area contributed by atoms with Gasteiger partial charge in [0.1, 0.15) is 0 Å². The van der Waals surface area contributed by atoms with Crippen LogP contribution >= 0.6 is 0 Å². The van der Waals surface area contributed by atoms with Crippen LogP contribution in [0.2, 0.25) is 51.4 Å². The molecule has 0 amide bonds. The summed E-state index contributed by atoms with van der Waals surface area (Å²) in [7, 11) is -3.11. The molecule has 2 unspecified atom stereocenters. The molecule has 2 aliphatic carbocycles. The van der Waals surface area contributed by atoms with Gasteiger partial charge in [-0.25, -0.2) is 0 Å². The Morgan fingerprint density at radius 1 is 0.629 bits per heavy atom. The van der Waals surface area contributed by atoms with Gasteiger partial charge in [-0.3, -0.25) is 0 Å². The molecule has 4 rings (SSSR count). The fraction of sp³-hybridized carbons (Fsp3) is 0.467. The molecule has 0 radical (unpaired) electrons. The normalized spacial score (nSPS) is 19.7. The van der Waals surface area contributed by atoms with Gasteiger partial charge in [-0.1, -0.05) is 72.8 Å². The van der Waals surface area contributed by atoms with Crippen LogP contribution in [-0.4, -0.2) is 39.4 Å². The summed E-state index contributed by atoms with van der Waals surface area (Å²) in [5, 5.41) is 0. The van der Waals surface area contributed by atoms with E-state index in [1.807, 2.05) is 0 Å². The summed E-state index contributed by atoms with van der Waals surface area (Å²) in [6, 6.07) is 20.9. The van der Waals surface area contributed by atoms with Gasteiger partial charge in [0, 0.05) is 34.6 Å². The third-order valence-electron chi connectivity index (χ3n) is 7.06. The van der Waals surface area contributed by atoms with E-state index in [1.54, 1.807) is 11.1 Å². The van der Waals surface area contributed by atoms with E-state index < -0.39 is 16.6 Å². The first-order valence-corrected chi connectivity index (χ1v) is 22.3. The van der Waals surface area contributed by atoms with Crippen LogP contribution in [0.1, 0.15) is 46.9 Å². The molecular weight excluding hydrogens is 477 g/mol. The third-order valence-corrected chi connectivity index (χ3v) is 11.3. The first-order chi connectivity index (χ1) is 16.6. The van der Waals surface area contributed by atoms with Gasteiger partial charge in [0.2, 0.25) is 0 Å². The fourth-order valence-electron chi connectivity index (χ4n) is 5.48. The van der Waals surface area contributed by atoms with Crippen molar-refractivity contribution in [1.82, 2.24) is 0 Å². The molecule has 0 aromatic heterocycles. The molecule has 0 fully saturated rings. The van der Waals surface area contributed by atoms with Crippen LogP contribution in [0.25, 0.3) is 11.1 Å². The second kappa shape index (κ2) is 11.3. The minimum absolute atomic E-state index is 0.193. The summed E-state index contributed by atoms with van der Waals surface area (Å²) >= 11 is 0. The van der Waals surface area contributed by atoms with Crippen molar-refractivity contribution < 1.29 is 8.85 Å². The lowest BCUT2D eigenvalue weighted by molar-refractivity contribution is 0.321. The molecule has 2 aromatic rings. The summed E-state index contributed by atoms with van der Waals surface area (Å²) in [4.78, 5) is 0. The van der Waals surface area contributed by atoms with Crippen LogP contribution in [0.5, 0.6) is 0 Å². The van der Waals surface area contributed by atoms with Gasteiger partial charge in [-0.2, -0.15) is 0 Å². The molecular formula is C30H44O2Si3. The van der Waals surface area contributed by atoms with E-state index >= 15 is 0 Å². The molecule has 0 heterocycles. The summed E-state index contributed by atoms with van der Waals surface area (Å²) in [6.45, 7) is 15.4. The summed E-state index contributed by atoms with van der Waals surface area (Å²) in [5.41, 5.74) is 9.06. The van der Waals surface area contributed by atoms with Crippen molar-refractivity contribution in [3.8, 4) is 0 Å². The quantitative estimate of drug-likeness (QED) is 0.265. The smallest absolute Gasteiger partial charge is 0.183 e. The van der Waals surface area contributed by atoms with Gasteiger partial charge in [-0.05, 0) is 85.5 Å². The zero-order valence-electron chi connectivity index (χ0n) is 22.7. The number of rotatable bonds is 12. The zero-order valence-corrected chi connectivity index (χ0v) is 26.1. The van der Waals surface area contributed by atoms with Crippen molar-refractivity contribution in [3.63, 3.8) is 0 Å². The summed E-state index contributed by atoms with van der Waals surface area (Å²) in [6.07, 6.45) is 7.23. The molecule has 2 nitrogen and oxygen atoms in total. The summed E-state index contributed by atoms with van der Waals surface area (Å²) < 4.78 is 12.3. The maximum atomic E-state index is 6.17. The number of benzene rings is 2. The van der Waals surface area contributed by atoms with E-state index in [2.05, 4.69) is 100.0 Å². The first-order valence-electron chi connectivity index (χ1n) is 13.5. The fourth-order valence-corrected chi connectivity index (χ4v) is 8.98. The van der Waals surface area contributed by atoms with Crippen molar-refractivity contribution in [2.24, 2.45) is 0 Å². The molecule has 2 aliphatic rings. The molecule has 5 heteroatoms. The van der Waals surface area contributed by atoms with Crippen molar-refractivity contribution in [2.45, 2.75) is 76.0 Å². The molecule has 0 aliphatic heterocycles. The van der Waals surface area contributed by atoms with Crippen LogP contribution in [0.4, 0.5) is 0 Å². The number of hydrogen-bond donors (Lipinski definition) is 0. The number of allylic oxidation sites excluding steroid dienone is 2. The highest BCUT2D eigenvalue weighted by Crippen LogP contribution is 2.42. The average molecular weight is 521 g/mol. The molecule has 2 aromatic carbocycles. The standard InChI is InChI=1S/C30H44O2Si3/c1-34(2,3)31-17-15-23-19-25(29-13-9-7-11-27(23)29)21-33-22-26-20-24(16-18-32-35(4,5)6)28-12-8-10-14-30(26)28/h7-14,19-20,25-26H,15-18,21-22,33H2,1-6H3. The van der Waals surface area contributed by atoms with E-state index in [-0.39, 0.29) is 9.52 Å². The summed E-state index contributed by atoms with van der Waals surface area (Å²) in [5.74, 6) is 1.20. The van der Waals surface area contributed by atoms with Crippen molar-refractivity contribution in [2.75, 3.05) is 13.2 Å². The van der Waals surface area contributed by atoms with Crippen molar-refractivity contribution in [1.29, 1.82) is 0 Å². The predicted molar refractivity (Wildman–Crippen MR) is 160 cm³/mol. The molecule has 0 spiro atoms. The first kappa shape index (κ1) is 26.6. The number of hydrogen-bond acceptors (Lipinski definition) is 2. The second-order valence-corrected chi connectivity index (χ2v) is 23.0. The van der Waals surface area contributed by atoms with Crippen LogP contribution in [0.15, 0.2) is 60.7 Å². The van der Waals surface area contributed by atoms with E-state index in [0.29, 0.717) is 11.8 Å². The highest BCUT2D eigenvalue weighted by atomic mass is 28.4. The van der Waals surface area contributed by atoms with E-state index in [0.717, 1.165) is 26.1 Å². The lowest BCUT2D eigenvalue weighted by Gasteiger charge is -2.17. The van der Waals surface area contributed by atoms with Gasteiger partial charge in [0.05, 0.1) is 0 Å². The molecule has 0 saturated carbocycles. The lowest BCUT2D eigenvalue weighted by Crippen LogP contribution is -2.25. The van der Waals surface area contributed by atoms with E-state index in [1.165, 1.54) is 34.4 Å². The maximum Gasteiger partial charge on any atom is 0.183 e. The lowest BCUT2D eigenvalue weighted by atomic mass is 10.0. The van der Waals surface area contributed by atoms with Crippen molar-refractivity contribution >= 4 is 37.3 Å². The van der Waals surface area contributed by atoms with Crippen LogP contribution < -0.4 is 0 Å². The van der Waals surface area contributed by atoms with Gasteiger partial charge in [-0.15, -0.1) is 0 Å². The maximum absolute atomic E-state index is 6.17. The Kier molecular flexibility index (Phi) is 8.54. The highest BCUT2D eigenvalue weighted by molar-refractivity contribution is 6.70. The Morgan fingerprint density at radius 3 is 1.43 bits per heavy atom. The molecule has 0 saturated heterocycles. The van der Waals surface area contributed by atoms with Gasteiger partial charge in [0.25, 0.3) is 0 Å². The molecule has 0 bridgehead atoms. The Bertz CT molecular complexity index is 990. The van der Waals surface area contributed by atoms with Crippen molar-refractivity contribution in [3.05, 3.63) is 82.9 Å². The van der Waals surface area contributed by atoms with E-state index in [4.69, 9.17) is 8.85 Å². The highest BCUT2D eigenvalue weighted by Gasteiger charge is 2.26. The molecule has 35 heavy (non-hydrogen) atoms.